The van der Waals surface area contributed by atoms with E-state index in [0.29, 0.717) is 5.71 Å². The summed E-state index contributed by atoms with van der Waals surface area (Å²) in [5.74, 6) is -0.630. The highest BCUT2D eigenvalue weighted by Crippen LogP contribution is 2.59. The molecule has 0 spiro atoms. The Hall–Kier alpha value is -2.17. The molecule has 2 atom stereocenters. The average molecular weight is 318 g/mol. The van der Waals surface area contributed by atoms with E-state index in [4.69, 9.17) is 0 Å². The highest BCUT2D eigenvalue weighted by atomic mass is 19.1. The smallest absolute Gasteiger partial charge is 0.244 e. The predicted molar refractivity (Wildman–Crippen MR) is 88.6 cm³/mol. The summed E-state index contributed by atoms with van der Waals surface area (Å²) in [7, 11) is 0. The van der Waals surface area contributed by atoms with Gasteiger partial charge in [0, 0.05) is 5.56 Å². The summed E-state index contributed by atoms with van der Waals surface area (Å²) in [6.45, 7) is 9.74. The molecule has 1 aromatic carbocycles. The molecular weight excluding hydrogens is 295 g/mol. The molecule has 1 fully saturated rings. The number of allylic oxidation sites excluding steroid dienone is 2. The normalized spacial score (nSPS) is 22.4. The van der Waals surface area contributed by atoms with Crippen LogP contribution in [-0.4, -0.2) is 16.7 Å². The molecule has 23 heavy (non-hydrogen) atoms. The second-order valence-corrected chi connectivity index (χ2v) is 6.90. The van der Waals surface area contributed by atoms with Crippen molar-refractivity contribution in [2.45, 2.75) is 34.6 Å². The van der Waals surface area contributed by atoms with Crippen molar-refractivity contribution in [3.05, 3.63) is 41.2 Å². The number of hydrogen-bond donors (Lipinski definition) is 2. The molecule has 0 saturated heterocycles. The minimum absolute atomic E-state index is 0.0731. The Morgan fingerprint density at radius 2 is 2.00 bits per heavy atom. The number of rotatable bonds is 4. The third-order valence-corrected chi connectivity index (χ3v) is 4.39. The fourth-order valence-corrected chi connectivity index (χ4v) is 2.92. The summed E-state index contributed by atoms with van der Waals surface area (Å²) in [4.78, 5) is 12.3. The van der Waals surface area contributed by atoms with Crippen molar-refractivity contribution in [3.63, 3.8) is 0 Å². The maximum Gasteiger partial charge on any atom is 0.244 e. The quantitative estimate of drug-likeness (QED) is 0.506. The zero-order chi connectivity index (χ0) is 17.4. The third kappa shape index (κ3) is 3.60. The molecule has 2 rings (SSSR count). The Labute approximate surface area is 136 Å². The van der Waals surface area contributed by atoms with Gasteiger partial charge in [-0.15, -0.1) is 0 Å². The summed E-state index contributed by atoms with van der Waals surface area (Å²) in [5, 5.41) is 13.8. The molecule has 1 amide bonds. The zero-order valence-corrected chi connectivity index (χ0v) is 14.1. The molecular formula is C18H23FN2O2. The van der Waals surface area contributed by atoms with E-state index in [1.165, 1.54) is 23.8 Å². The van der Waals surface area contributed by atoms with E-state index in [1.54, 1.807) is 6.92 Å². The van der Waals surface area contributed by atoms with E-state index in [1.807, 2.05) is 13.8 Å². The lowest BCUT2D eigenvalue weighted by atomic mass is 10.1. The van der Waals surface area contributed by atoms with E-state index < -0.39 is 5.82 Å². The first-order chi connectivity index (χ1) is 10.6. The number of amides is 1. The number of phenols is 1. The van der Waals surface area contributed by atoms with Crippen molar-refractivity contribution in [2.24, 2.45) is 22.4 Å². The molecule has 1 saturated carbocycles. The molecule has 4 nitrogen and oxygen atoms in total. The van der Waals surface area contributed by atoms with Gasteiger partial charge in [-0.25, -0.2) is 9.82 Å². The van der Waals surface area contributed by atoms with Gasteiger partial charge in [0.1, 0.15) is 11.6 Å². The third-order valence-electron chi connectivity index (χ3n) is 4.39. The Kier molecular flexibility index (Phi) is 4.59. The molecule has 0 aliphatic heterocycles. The van der Waals surface area contributed by atoms with E-state index in [0.717, 1.165) is 0 Å². The summed E-state index contributed by atoms with van der Waals surface area (Å²) < 4.78 is 13.3. The van der Waals surface area contributed by atoms with Crippen molar-refractivity contribution in [1.82, 2.24) is 5.43 Å². The van der Waals surface area contributed by atoms with Crippen molar-refractivity contribution in [1.29, 1.82) is 0 Å². The highest BCUT2D eigenvalue weighted by molar-refractivity contribution is 6.01. The molecule has 0 heterocycles. The molecule has 0 aromatic heterocycles. The first-order valence-electron chi connectivity index (χ1n) is 7.62. The van der Waals surface area contributed by atoms with Crippen LogP contribution in [0.3, 0.4) is 0 Å². The van der Waals surface area contributed by atoms with Crippen LogP contribution in [0.4, 0.5) is 4.39 Å². The summed E-state index contributed by atoms with van der Waals surface area (Å²) in [6.07, 6.45) is 2.11. The van der Waals surface area contributed by atoms with Gasteiger partial charge in [0.15, 0.2) is 0 Å². The molecule has 1 aromatic rings. The fourth-order valence-electron chi connectivity index (χ4n) is 2.92. The minimum Gasteiger partial charge on any atom is -0.507 e. The summed E-state index contributed by atoms with van der Waals surface area (Å²) >= 11 is 0. The number of halogens is 1. The number of carbonyl (C=O) groups excluding carboxylic acids is 1. The Morgan fingerprint density at radius 3 is 2.61 bits per heavy atom. The number of nitrogens with zero attached hydrogens (tertiary/aromatic N) is 1. The lowest BCUT2D eigenvalue weighted by Gasteiger charge is -2.06. The van der Waals surface area contributed by atoms with Gasteiger partial charge in [0.2, 0.25) is 5.91 Å². The van der Waals surface area contributed by atoms with Gasteiger partial charge in [-0.2, -0.15) is 5.10 Å². The van der Waals surface area contributed by atoms with Gasteiger partial charge >= 0.3 is 0 Å². The molecule has 0 bridgehead atoms. The maximum atomic E-state index is 13.3. The van der Waals surface area contributed by atoms with Gasteiger partial charge in [-0.3, -0.25) is 4.79 Å². The Bertz CT molecular complexity index is 688. The number of hydrogen-bond acceptors (Lipinski definition) is 3. The van der Waals surface area contributed by atoms with E-state index in [-0.39, 0.29) is 34.5 Å². The second-order valence-electron chi connectivity index (χ2n) is 6.90. The molecule has 5 heteroatoms. The van der Waals surface area contributed by atoms with Crippen LogP contribution in [0.5, 0.6) is 5.75 Å². The lowest BCUT2D eigenvalue weighted by Crippen LogP contribution is -2.23. The van der Waals surface area contributed by atoms with Gasteiger partial charge < -0.3 is 5.11 Å². The van der Waals surface area contributed by atoms with Crippen LogP contribution in [0.25, 0.3) is 0 Å². The first kappa shape index (κ1) is 17.2. The summed E-state index contributed by atoms with van der Waals surface area (Å²) in [6, 6.07) is 3.62. The van der Waals surface area contributed by atoms with Gasteiger partial charge in [-0.1, -0.05) is 25.5 Å². The van der Waals surface area contributed by atoms with Crippen molar-refractivity contribution < 1.29 is 14.3 Å². The number of hydrazone groups is 1. The highest BCUT2D eigenvalue weighted by Gasteiger charge is 2.60. The van der Waals surface area contributed by atoms with Crippen LogP contribution in [0.2, 0.25) is 0 Å². The van der Waals surface area contributed by atoms with Crippen molar-refractivity contribution >= 4 is 11.6 Å². The molecule has 124 valence electrons. The SMILES string of the molecule is CC(C)=C[C@H]1[C@@H](C(=O)N/N=C(\C)c2cc(F)ccc2O)C1(C)C. The molecule has 0 radical (unpaired) electrons. The van der Waals surface area contributed by atoms with Crippen LogP contribution in [0.1, 0.15) is 40.2 Å². The Balaban J connectivity index is 2.10. The lowest BCUT2D eigenvalue weighted by molar-refractivity contribution is -0.123. The number of benzene rings is 1. The van der Waals surface area contributed by atoms with E-state index in [9.17, 15) is 14.3 Å². The van der Waals surface area contributed by atoms with Gasteiger partial charge in [0.25, 0.3) is 0 Å². The molecule has 1 aliphatic carbocycles. The topological polar surface area (TPSA) is 61.7 Å². The zero-order valence-electron chi connectivity index (χ0n) is 14.1. The molecule has 0 unspecified atom stereocenters. The van der Waals surface area contributed by atoms with Gasteiger partial charge in [-0.05, 0) is 50.3 Å². The maximum absolute atomic E-state index is 13.3. The minimum atomic E-state index is -0.467. The van der Waals surface area contributed by atoms with E-state index in [2.05, 4.69) is 30.5 Å². The van der Waals surface area contributed by atoms with Crippen LogP contribution in [0, 0.1) is 23.1 Å². The number of nitrogens with one attached hydrogen (secondary N) is 1. The standard InChI is InChI=1S/C18H23FN2O2/c1-10(2)8-14-16(18(14,4)5)17(23)21-20-11(3)13-9-12(19)6-7-15(13)22/h6-9,14,16,22H,1-5H3,(H,21,23)/b20-11+/t14-,16-/m0/s1. The monoisotopic (exact) mass is 318 g/mol. The van der Waals surface area contributed by atoms with Crippen molar-refractivity contribution in [2.75, 3.05) is 0 Å². The van der Waals surface area contributed by atoms with Crippen LogP contribution < -0.4 is 5.43 Å². The second kappa shape index (κ2) is 6.14. The summed E-state index contributed by atoms with van der Waals surface area (Å²) in [5.41, 5.74) is 4.25. The Morgan fingerprint density at radius 1 is 1.35 bits per heavy atom. The van der Waals surface area contributed by atoms with Crippen LogP contribution in [0.15, 0.2) is 34.9 Å². The van der Waals surface area contributed by atoms with Crippen molar-refractivity contribution in [3.8, 4) is 5.75 Å². The molecule has 2 N–H and O–H groups in total. The molecule has 1 aliphatic rings. The fraction of sp³-hybridized carbons (Fsp3) is 0.444. The number of phenolic OH excluding ortho intramolecular Hbond substituents is 1. The van der Waals surface area contributed by atoms with E-state index >= 15 is 0 Å². The first-order valence-corrected chi connectivity index (χ1v) is 7.62. The van der Waals surface area contributed by atoms with Crippen LogP contribution in [-0.2, 0) is 4.79 Å². The van der Waals surface area contributed by atoms with Gasteiger partial charge in [0.05, 0.1) is 11.6 Å². The average Bonchev–Trinajstić information content (AvgIpc) is 2.98. The largest absolute Gasteiger partial charge is 0.507 e. The van der Waals surface area contributed by atoms with Crippen LogP contribution >= 0.6 is 0 Å². The predicted octanol–water partition coefficient (Wildman–Crippen LogP) is 3.61. The number of aromatic hydroxyl groups is 1. The number of carbonyl (C=O) groups is 1.